The average molecular weight is 314 g/mol. The number of carbonyl (C=O) groups is 2. The lowest BCUT2D eigenvalue weighted by molar-refractivity contribution is 0.102. The molecule has 0 bridgehead atoms. The SMILES string of the molecule is CC(C)NC(=O)Nc1cccc(C(=O)Nc2ncccc2O)c1. The summed E-state index contributed by atoms with van der Waals surface area (Å²) >= 11 is 0. The predicted molar refractivity (Wildman–Crippen MR) is 87.6 cm³/mol. The Morgan fingerprint density at radius 1 is 1.13 bits per heavy atom. The molecule has 2 aromatic rings. The Balaban J connectivity index is 2.08. The van der Waals surface area contributed by atoms with Gasteiger partial charge in [-0.3, -0.25) is 4.79 Å². The highest BCUT2D eigenvalue weighted by molar-refractivity contribution is 6.05. The molecule has 1 aromatic carbocycles. The Hall–Kier alpha value is -3.09. The molecule has 0 aliphatic rings. The first-order valence-corrected chi connectivity index (χ1v) is 7.08. The van der Waals surface area contributed by atoms with Crippen LogP contribution in [0, 0.1) is 0 Å². The van der Waals surface area contributed by atoms with Crippen LogP contribution in [0.1, 0.15) is 24.2 Å². The van der Waals surface area contributed by atoms with Gasteiger partial charge in [0.25, 0.3) is 5.91 Å². The summed E-state index contributed by atoms with van der Waals surface area (Å²) < 4.78 is 0. The topological polar surface area (TPSA) is 103 Å². The van der Waals surface area contributed by atoms with Gasteiger partial charge in [-0.2, -0.15) is 0 Å². The zero-order valence-corrected chi connectivity index (χ0v) is 12.8. The van der Waals surface area contributed by atoms with E-state index in [1.165, 1.54) is 18.3 Å². The second-order valence-corrected chi connectivity index (χ2v) is 5.16. The van der Waals surface area contributed by atoms with Crippen molar-refractivity contribution in [2.24, 2.45) is 0 Å². The highest BCUT2D eigenvalue weighted by Gasteiger charge is 2.11. The number of hydrogen-bond donors (Lipinski definition) is 4. The van der Waals surface area contributed by atoms with Gasteiger partial charge in [-0.15, -0.1) is 0 Å². The minimum absolute atomic E-state index is 0.00797. The average Bonchev–Trinajstić information content (AvgIpc) is 2.49. The van der Waals surface area contributed by atoms with Crippen LogP contribution in [0.25, 0.3) is 0 Å². The molecule has 1 heterocycles. The molecule has 0 fully saturated rings. The number of nitrogens with one attached hydrogen (secondary N) is 3. The molecule has 23 heavy (non-hydrogen) atoms. The van der Waals surface area contributed by atoms with Crippen molar-refractivity contribution in [2.45, 2.75) is 19.9 Å². The van der Waals surface area contributed by atoms with E-state index < -0.39 is 5.91 Å². The monoisotopic (exact) mass is 314 g/mol. The van der Waals surface area contributed by atoms with Crippen LogP contribution in [0.5, 0.6) is 5.75 Å². The first-order chi connectivity index (χ1) is 11.0. The van der Waals surface area contributed by atoms with Crippen molar-refractivity contribution in [2.75, 3.05) is 10.6 Å². The summed E-state index contributed by atoms with van der Waals surface area (Å²) in [5.74, 6) is -0.480. The standard InChI is InChI=1S/C16H18N4O3/c1-10(2)18-16(23)19-12-6-3-5-11(9-12)15(22)20-14-13(21)7-4-8-17-14/h3-10,21H,1-2H3,(H,17,20,22)(H2,18,19,23). The van der Waals surface area contributed by atoms with Crippen molar-refractivity contribution in [1.82, 2.24) is 10.3 Å². The summed E-state index contributed by atoms with van der Waals surface area (Å²) in [7, 11) is 0. The molecular formula is C16H18N4O3. The number of carbonyl (C=O) groups excluding carboxylic acids is 2. The molecule has 0 aliphatic heterocycles. The molecular weight excluding hydrogens is 296 g/mol. The smallest absolute Gasteiger partial charge is 0.319 e. The van der Waals surface area contributed by atoms with Crippen LogP contribution in [0.2, 0.25) is 0 Å². The van der Waals surface area contributed by atoms with E-state index in [2.05, 4.69) is 20.9 Å². The molecule has 7 heteroatoms. The maximum Gasteiger partial charge on any atom is 0.319 e. The predicted octanol–water partition coefficient (Wildman–Crippen LogP) is 2.57. The van der Waals surface area contributed by atoms with Gasteiger partial charge in [-0.25, -0.2) is 9.78 Å². The Bertz CT molecular complexity index is 716. The summed E-state index contributed by atoms with van der Waals surface area (Å²) in [4.78, 5) is 27.8. The van der Waals surface area contributed by atoms with Crippen molar-refractivity contribution in [3.05, 3.63) is 48.2 Å². The molecule has 0 saturated heterocycles. The third-order valence-electron chi connectivity index (χ3n) is 2.82. The number of urea groups is 1. The molecule has 0 radical (unpaired) electrons. The van der Waals surface area contributed by atoms with Gasteiger partial charge in [0.15, 0.2) is 11.6 Å². The van der Waals surface area contributed by atoms with Crippen molar-refractivity contribution in [3.8, 4) is 5.75 Å². The minimum atomic E-state index is -0.438. The third kappa shape index (κ3) is 4.70. The molecule has 120 valence electrons. The fraction of sp³-hybridized carbons (Fsp3) is 0.188. The zero-order chi connectivity index (χ0) is 16.8. The van der Waals surface area contributed by atoms with E-state index in [4.69, 9.17) is 0 Å². The van der Waals surface area contributed by atoms with E-state index in [0.29, 0.717) is 11.3 Å². The Morgan fingerprint density at radius 2 is 1.91 bits per heavy atom. The molecule has 0 unspecified atom stereocenters. The summed E-state index contributed by atoms with van der Waals surface area (Å²) in [6, 6.07) is 9.11. The molecule has 1 aromatic heterocycles. The number of aromatic nitrogens is 1. The van der Waals surface area contributed by atoms with Crippen LogP contribution in [-0.2, 0) is 0 Å². The lowest BCUT2D eigenvalue weighted by Gasteiger charge is -2.11. The van der Waals surface area contributed by atoms with Crippen LogP contribution in [-0.4, -0.2) is 28.1 Å². The van der Waals surface area contributed by atoms with Crippen molar-refractivity contribution >= 4 is 23.4 Å². The Kier molecular flexibility index (Phi) is 5.14. The summed E-state index contributed by atoms with van der Waals surface area (Å²) in [6.07, 6.45) is 1.46. The van der Waals surface area contributed by atoms with E-state index in [1.807, 2.05) is 13.8 Å². The van der Waals surface area contributed by atoms with Gasteiger partial charge in [0.1, 0.15) is 0 Å². The first kappa shape index (κ1) is 16.3. The number of pyridine rings is 1. The second kappa shape index (κ2) is 7.26. The molecule has 7 nitrogen and oxygen atoms in total. The largest absolute Gasteiger partial charge is 0.504 e. The van der Waals surface area contributed by atoms with Crippen molar-refractivity contribution in [1.29, 1.82) is 0 Å². The number of amides is 3. The van der Waals surface area contributed by atoms with E-state index >= 15 is 0 Å². The Morgan fingerprint density at radius 3 is 2.61 bits per heavy atom. The van der Waals surface area contributed by atoms with Gasteiger partial charge in [-0.05, 0) is 44.2 Å². The van der Waals surface area contributed by atoms with Gasteiger partial charge in [0, 0.05) is 23.5 Å². The number of hydrogen-bond acceptors (Lipinski definition) is 4. The van der Waals surface area contributed by atoms with E-state index in [9.17, 15) is 14.7 Å². The number of nitrogens with zero attached hydrogens (tertiary/aromatic N) is 1. The van der Waals surface area contributed by atoms with Crippen LogP contribution < -0.4 is 16.0 Å². The number of aromatic hydroxyl groups is 1. The fourth-order valence-corrected chi connectivity index (χ4v) is 1.84. The van der Waals surface area contributed by atoms with Crippen LogP contribution in [0.15, 0.2) is 42.6 Å². The molecule has 0 atom stereocenters. The highest BCUT2D eigenvalue weighted by Crippen LogP contribution is 2.19. The molecule has 0 spiro atoms. The van der Waals surface area contributed by atoms with E-state index in [1.54, 1.807) is 24.3 Å². The second-order valence-electron chi connectivity index (χ2n) is 5.16. The normalized spacial score (nSPS) is 10.2. The van der Waals surface area contributed by atoms with Gasteiger partial charge in [-0.1, -0.05) is 6.07 Å². The first-order valence-electron chi connectivity index (χ1n) is 7.08. The molecule has 3 amide bonds. The number of anilines is 2. The lowest BCUT2D eigenvalue weighted by atomic mass is 10.2. The van der Waals surface area contributed by atoms with Crippen LogP contribution in [0.4, 0.5) is 16.3 Å². The quantitative estimate of drug-likeness (QED) is 0.696. The fourth-order valence-electron chi connectivity index (χ4n) is 1.84. The maximum atomic E-state index is 12.2. The summed E-state index contributed by atoms with van der Waals surface area (Å²) in [5, 5.41) is 17.5. The van der Waals surface area contributed by atoms with Gasteiger partial charge < -0.3 is 21.1 Å². The minimum Gasteiger partial charge on any atom is -0.504 e. The zero-order valence-electron chi connectivity index (χ0n) is 12.8. The number of rotatable bonds is 4. The molecule has 0 saturated carbocycles. The van der Waals surface area contributed by atoms with E-state index in [0.717, 1.165) is 0 Å². The highest BCUT2D eigenvalue weighted by atomic mass is 16.3. The molecule has 2 rings (SSSR count). The van der Waals surface area contributed by atoms with Crippen molar-refractivity contribution < 1.29 is 14.7 Å². The van der Waals surface area contributed by atoms with Gasteiger partial charge >= 0.3 is 6.03 Å². The van der Waals surface area contributed by atoms with Crippen LogP contribution >= 0.6 is 0 Å². The third-order valence-corrected chi connectivity index (χ3v) is 2.82. The van der Waals surface area contributed by atoms with Crippen molar-refractivity contribution in [3.63, 3.8) is 0 Å². The molecule has 0 aliphatic carbocycles. The summed E-state index contributed by atoms with van der Waals surface area (Å²) in [6.45, 7) is 3.70. The number of benzene rings is 1. The maximum absolute atomic E-state index is 12.2. The molecule has 4 N–H and O–H groups in total. The Labute approximate surface area is 133 Å². The summed E-state index contributed by atoms with van der Waals surface area (Å²) in [5.41, 5.74) is 0.818. The van der Waals surface area contributed by atoms with Gasteiger partial charge in [0.05, 0.1) is 0 Å². The van der Waals surface area contributed by atoms with E-state index in [-0.39, 0.29) is 23.6 Å². The van der Waals surface area contributed by atoms with Crippen LogP contribution in [0.3, 0.4) is 0 Å². The van der Waals surface area contributed by atoms with Gasteiger partial charge in [0.2, 0.25) is 0 Å². The lowest BCUT2D eigenvalue weighted by Crippen LogP contribution is -2.34.